The number of carbonyl (C=O) groups excluding carboxylic acids is 1. The van der Waals surface area contributed by atoms with Crippen molar-refractivity contribution < 1.29 is 19.1 Å². The summed E-state index contributed by atoms with van der Waals surface area (Å²) in [5, 5.41) is 11.4. The number of imidazole rings is 1. The average molecular weight is 279 g/mol. The van der Waals surface area contributed by atoms with Gasteiger partial charge in [-0.3, -0.25) is 4.79 Å². The Balaban J connectivity index is 2.36. The van der Waals surface area contributed by atoms with Gasteiger partial charge in [-0.1, -0.05) is 13.8 Å². The predicted molar refractivity (Wildman–Crippen MR) is 69.8 cm³/mol. The van der Waals surface area contributed by atoms with Gasteiger partial charge in [-0.25, -0.2) is 14.2 Å². The number of nitrogens with one attached hydrogen (secondary N) is 2. The number of halogens is 1. The Hall–Kier alpha value is -2.44. The molecule has 0 aliphatic rings. The molecule has 0 aliphatic heterocycles. The molecule has 0 saturated heterocycles. The zero-order valence-corrected chi connectivity index (χ0v) is 11.0. The normalized spacial score (nSPS) is 12.6. The van der Waals surface area contributed by atoms with Gasteiger partial charge >= 0.3 is 5.97 Å². The van der Waals surface area contributed by atoms with Crippen molar-refractivity contribution >= 4 is 22.9 Å². The minimum Gasteiger partial charge on any atom is -0.480 e. The van der Waals surface area contributed by atoms with Crippen molar-refractivity contribution in [3.05, 3.63) is 29.8 Å². The standard InChI is InChI=1S/C13H14FN3O3/c1-6(2)10(13(19)20)17-12(18)8-3-7(14)4-9-11(8)16-5-15-9/h3-6,10H,1-2H3,(H,15,16)(H,17,18)(H,19,20). The highest BCUT2D eigenvalue weighted by Gasteiger charge is 2.25. The molecule has 1 heterocycles. The Bertz CT molecular complexity index is 666. The highest BCUT2D eigenvalue weighted by Crippen LogP contribution is 2.17. The average Bonchev–Trinajstić information content (AvgIpc) is 2.81. The van der Waals surface area contributed by atoms with Crippen molar-refractivity contribution in [3.63, 3.8) is 0 Å². The maximum Gasteiger partial charge on any atom is 0.326 e. The molecule has 20 heavy (non-hydrogen) atoms. The van der Waals surface area contributed by atoms with Gasteiger partial charge in [-0.15, -0.1) is 0 Å². The van der Waals surface area contributed by atoms with E-state index in [-0.39, 0.29) is 11.5 Å². The van der Waals surface area contributed by atoms with Crippen LogP contribution in [0.3, 0.4) is 0 Å². The molecule has 0 fully saturated rings. The van der Waals surface area contributed by atoms with Crippen LogP contribution in [0.1, 0.15) is 24.2 Å². The molecule has 0 spiro atoms. The third kappa shape index (κ3) is 2.61. The highest BCUT2D eigenvalue weighted by atomic mass is 19.1. The summed E-state index contributed by atoms with van der Waals surface area (Å²) in [6.45, 7) is 3.35. The van der Waals surface area contributed by atoms with Crippen LogP contribution >= 0.6 is 0 Å². The predicted octanol–water partition coefficient (Wildman–Crippen LogP) is 1.54. The Kier molecular flexibility index (Phi) is 3.69. The van der Waals surface area contributed by atoms with Crippen LogP contribution in [0.5, 0.6) is 0 Å². The van der Waals surface area contributed by atoms with E-state index in [0.29, 0.717) is 11.0 Å². The van der Waals surface area contributed by atoms with Gasteiger partial charge in [-0.2, -0.15) is 0 Å². The first kappa shape index (κ1) is 14.0. The fourth-order valence-electron chi connectivity index (χ4n) is 1.92. The van der Waals surface area contributed by atoms with E-state index in [4.69, 9.17) is 5.11 Å². The van der Waals surface area contributed by atoms with Gasteiger partial charge in [0.25, 0.3) is 5.91 Å². The smallest absolute Gasteiger partial charge is 0.326 e. The molecular formula is C13H14FN3O3. The summed E-state index contributed by atoms with van der Waals surface area (Å²) in [4.78, 5) is 29.9. The van der Waals surface area contributed by atoms with E-state index in [1.807, 2.05) is 0 Å². The quantitative estimate of drug-likeness (QED) is 0.791. The number of aromatic nitrogens is 2. The summed E-state index contributed by atoms with van der Waals surface area (Å²) in [7, 11) is 0. The number of hydrogen-bond acceptors (Lipinski definition) is 3. The van der Waals surface area contributed by atoms with Crippen LogP contribution in [-0.2, 0) is 4.79 Å². The second-order valence-corrected chi connectivity index (χ2v) is 4.79. The fourth-order valence-corrected chi connectivity index (χ4v) is 1.92. The molecule has 2 aromatic rings. The van der Waals surface area contributed by atoms with Crippen LogP contribution < -0.4 is 5.32 Å². The number of aliphatic carboxylic acids is 1. The number of carbonyl (C=O) groups is 2. The van der Waals surface area contributed by atoms with E-state index in [1.165, 1.54) is 12.4 Å². The minimum atomic E-state index is -1.14. The SMILES string of the molecule is CC(C)C(NC(=O)c1cc(F)cc2[nH]cnc12)C(=O)O. The molecule has 0 bridgehead atoms. The van der Waals surface area contributed by atoms with Gasteiger partial charge in [0.1, 0.15) is 17.4 Å². The van der Waals surface area contributed by atoms with Crippen LogP contribution in [0.4, 0.5) is 4.39 Å². The van der Waals surface area contributed by atoms with Crippen molar-refractivity contribution in [3.8, 4) is 0 Å². The number of rotatable bonds is 4. The van der Waals surface area contributed by atoms with Crippen molar-refractivity contribution in [2.24, 2.45) is 5.92 Å². The Morgan fingerprint density at radius 2 is 2.10 bits per heavy atom. The molecule has 6 nitrogen and oxygen atoms in total. The highest BCUT2D eigenvalue weighted by molar-refractivity contribution is 6.05. The summed E-state index contributed by atoms with van der Waals surface area (Å²) < 4.78 is 13.4. The Labute approximate surface area is 114 Å². The van der Waals surface area contributed by atoms with Gasteiger partial charge in [0.2, 0.25) is 0 Å². The molecule has 2 rings (SSSR count). The summed E-state index contributed by atoms with van der Waals surface area (Å²) in [5.41, 5.74) is 0.691. The number of aromatic amines is 1. The van der Waals surface area contributed by atoms with Gasteiger partial charge in [0, 0.05) is 0 Å². The van der Waals surface area contributed by atoms with Crippen LogP contribution in [0.15, 0.2) is 18.5 Å². The summed E-state index contributed by atoms with van der Waals surface area (Å²) >= 11 is 0. The number of fused-ring (bicyclic) bond motifs is 1. The molecule has 0 aliphatic carbocycles. The van der Waals surface area contributed by atoms with Crippen molar-refractivity contribution in [2.45, 2.75) is 19.9 Å². The third-order valence-corrected chi connectivity index (χ3v) is 2.95. The lowest BCUT2D eigenvalue weighted by Gasteiger charge is -2.18. The van der Waals surface area contributed by atoms with E-state index in [2.05, 4.69) is 15.3 Å². The van der Waals surface area contributed by atoms with Crippen molar-refractivity contribution in [1.82, 2.24) is 15.3 Å². The van der Waals surface area contributed by atoms with Gasteiger partial charge in [0.15, 0.2) is 0 Å². The molecule has 0 saturated carbocycles. The topological polar surface area (TPSA) is 95.1 Å². The first-order valence-corrected chi connectivity index (χ1v) is 6.06. The largest absolute Gasteiger partial charge is 0.480 e. The molecule has 1 unspecified atom stereocenters. The molecular weight excluding hydrogens is 265 g/mol. The second-order valence-electron chi connectivity index (χ2n) is 4.79. The fraction of sp³-hybridized carbons (Fsp3) is 0.308. The number of H-pyrrole nitrogens is 1. The van der Waals surface area contributed by atoms with Crippen molar-refractivity contribution in [1.29, 1.82) is 0 Å². The van der Waals surface area contributed by atoms with Gasteiger partial charge in [0.05, 0.1) is 17.4 Å². The first-order valence-electron chi connectivity index (χ1n) is 6.06. The molecule has 1 amide bonds. The van der Waals surface area contributed by atoms with E-state index < -0.39 is 23.7 Å². The van der Waals surface area contributed by atoms with Crippen LogP contribution in [-0.4, -0.2) is 33.0 Å². The molecule has 1 atom stereocenters. The van der Waals surface area contributed by atoms with Gasteiger partial charge in [-0.05, 0) is 18.1 Å². The monoisotopic (exact) mass is 279 g/mol. The zero-order chi connectivity index (χ0) is 14.9. The molecule has 106 valence electrons. The minimum absolute atomic E-state index is 0.00755. The number of carboxylic acid groups (broad SMARTS) is 1. The molecule has 0 radical (unpaired) electrons. The third-order valence-electron chi connectivity index (χ3n) is 2.95. The molecule has 1 aromatic carbocycles. The molecule has 1 aromatic heterocycles. The van der Waals surface area contributed by atoms with Crippen LogP contribution in [0.2, 0.25) is 0 Å². The first-order chi connectivity index (χ1) is 9.40. The number of amides is 1. The van der Waals surface area contributed by atoms with Crippen LogP contribution in [0.25, 0.3) is 11.0 Å². The Morgan fingerprint density at radius 3 is 2.70 bits per heavy atom. The number of benzene rings is 1. The lowest BCUT2D eigenvalue weighted by Crippen LogP contribution is -2.44. The Morgan fingerprint density at radius 1 is 1.40 bits per heavy atom. The number of nitrogens with zero attached hydrogens (tertiary/aromatic N) is 1. The van der Waals surface area contributed by atoms with Crippen molar-refractivity contribution in [2.75, 3.05) is 0 Å². The zero-order valence-electron chi connectivity index (χ0n) is 11.0. The maximum atomic E-state index is 13.4. The van der Waals surface area contributed by atoms with E-state index >= 15 is 0 Å². The summed E-state index contributed by atoms with van der Waals surface area (Å²) in [5.74, 6) is -2.69. The summed E-state index contributed by atoms with van der Waals surface area (Å²) in [6, 6.07) is 1.22. The van der Waals surface area contributed by atoms with Crippen LogP contribution in [0, 0.1) is 11.7 Å². The van der Waals surface area contributed by atoms with E-state index in [1.54, 1.807) is 13.8 Å². The lowest BCUT2D eigenvalue weighted by atomic mass is 10.0. The molecule has 3 N–H and O–H groups in total. The van der Waals surface area contributed by atoms with Gasteiger partial charge < -0.3 is 15.4 Å². The van der Waals surface area contributed by atoms with E-state index in [0.717, 1.165) is 6.07 Å². The number of carboxylic acids is 1. The molecule has 7 heteroatoms. The second kappa shape index (κ2) is 5.28. The summed E-state index contributed by atoms with van der Waals surface area (Å²) in [6.07, 6.45) is 1.35. The lowest BCUT2D eigenvalue weighted by molar-refractivity contribution is -0.140. The number of hydrogen-bond donors (Lipinski definition) is 3. The maximum absolute atomic E-state index is 13.4. The van der Waals surface area contributed by atoms with E-state index in [9.17, 15) is 14.0 Å².